The molecule has 25 heavy (non-hydrogen) atoms. The van der Waals surface area contributed by atoms with Crippen molar-refractivity contribution in [1.82, 2.24) is 15.5 Å². The highest BCUT2D eigenvalue weighted by Crippen LogP contribution is 2.46. The van der Waals surface area contributed by atoms with Gasteiger partial charge in [0.1, 0.15) is 0 Å². The maximum absolute atomic E-state index is 5.40. The molecule has 0 amide bonds. The maximum atomic E-state index is 5.40. The summed E-state index contributed by atoms with van der Waals surface area (Å²) in [5, 5.41) is 6.94. The summed E-state index contributed by atoms with van der Waals surface area (Å²) in [6, 6.07) is 0. The first-order valence-corrected chi connectivity index (χ1v) is 10.5. The molecule has 146 valence electrons. The number of ether oxygens (including phenoxy) is 1. The van der Waals surface area contributed by atoms with Crippen LogP contribution in [-0.4, -0.2) is 63.3 Å². The largest absolute Gasteiger partial charge is 0.379 e. The van der Waals surface area contributed by atoms with E-state index in [1.54, 1.807) is 0 Å². The average Bonchev–Trinajstić information content (AvgIpc) is 2.57. The Balaban J connectivity index is 1.66. The highest BCUT2D eigenvalue weighted by molar-refractivity contribution is 5.79. The zero-order valence-corrected chi connectivity index (χ0v) is 16.8. The molecule has 2 N–H and O–H groups in total. The first-order valence-electron chi connectivity index (χ1n) is 10.5. The molecule has 0 bridgehead atoms. The molecule has 1 aliphatic heterocycles. The second-order valence-corrected chi connectivity index (χ2v) is 8.23. The number of nitrogens with one attached hydrogen (secondary N) is 2. The van der Waals surface area contributed by atoms with E-state index in [0.29, 0.717) is 5.41 Å². The second kappa shape index (κ2) is 11.0. The fourth-order valence-electron chi connectivity index (χ4n) is 4.05. The first kappa shape index (κ1) is 20.5. The van der Waals surface area contributed by atoms with Crippen molar-refractivity contribution in [2.75, 3.05) is 52.5 Å². The molecule has 1 heterocycles. The van der Waals surface area contributed by atoms with Gasteiger partial charge in [-0.1, -0.05) is 20.3 Å². The maximum Gasteiger partial charge on any atom is 0.191 e. The Morgan fingerprint density at radius 1 is 1.16 bits per heavy atom. The van der Waals surface area contributed by atoms with E-state index in [4.69, 9.17) is 9.73 Å². The molecule has 2 rings (SSSR count). The van der Waals surface area contributed by atoms with Crippen molar-refractivity contribution < 1.29 is 4.74 Å². The van der Waals surface area contributed by atoms with Crippen molar-refractivity contribution >= 4 is 5.96 Å². The molecular formula is C20H40N4O. The lowest BCUT2D eigenvalue weighted by atomic mass is 9.64. The van der Waals surface area contributed by atoms with Crippen molar-refractivity contribution in [2.45, 2.75) is 59.3 Å². The van der Waals surface area contributed by atoms with Crippen molar-refractivity contribution in [3.63, 3.8) is 0 Å². The minimum absolute atomic E-state index is 0.479. The van der Waals surface area contributed by atoms with E-state index in [1.807, 2.05) is 0 Å². The number of hydrogen-bond donors (Lipinski definition) is 2. The van der Waals surface area contributed by atoms with Crippen LogP contribution in [0.3, 0.4) is 0 Å². The summed E-state index contributed by atoms with van der Waals surface area (Å²) in [5.74, 6) is 1.77. The van der Waals surface area contributed by atoms with Gasteiger partial charge in [-0.3, -0.25) is 9.89 Å². The lowest BCUT2D eigenvalue weighted by Crippen LogP contribution is -2.41. The van der Waals surface area contributed by atoms with Crippen LogP contribution in [0.1, 0.15) is 59.3 Å². The van der Waals surface area contributed by atoms with Gasteiger partial charge in [-0.15, -0.1) is 0 Å². The van der Waals surface area contributed by atoms with Crippen molar-refractivity contribution in [3.05, 3.63) is 0 Å². The predicted octanol–water partition coefficient (Wildman–Crippen LogP) is 2.87. The van der Waals surface area contributed by atoms with Gasteiger partial charge in [0, 0.05) is 32.7 Å². The van der Waals surface area contributed by atoms with Gasteiger partial charge in [-0.2, -0.15) is 0 Å². The van der Waals surface area contributed by atoms with Gasteiger partial charge in [0.15, 0.2) is 5.96 Å². The molecule has 0 unspecified atom stereocenters. The Morgan fingerprint density at radius 3 is 2.52 bits per heavy atom. The number of morpholine rings is 1. The van der Waals surface area contributed by atoms with E-state index in [1.165, 1.54) is 45.1 Å². The predicted molar refractivity (Wildman–Crippen MR) is 106 cm³/mol. The molecule has 5 nitrogen and oxygen atoms in total. The third-order valence-corrected chi connectivity index (χ3v) is 5.47. The lowest BCUT2D eigenvalue weighted by molar-refractivity contribution is 0.0372. The Morgan fingerprint density at radius 2 is 1.92 bits per heavy atom. The van der Waals surface area contributed by atoms with E-state index in [-0.39, 0.29) is 0 Å². The molecule has 1 saturated heterocycles. The first-order chi connectivity index (χ1) is 12.1. The quantitative estimate of drug-likeness (QED) is 0.361. The number of aliphatic imine (C=N–C) groups is 1. The summed E-state index contributed by atoms with van der Waals surface area (Å²) in [5.41, 5.74) is 0.479. The molecule has 0 aromatic heterocycles. The third kappa shape index (κ3) is 7.53. The monoisotopic (exact) mass is 352 g/mol. The summed E-state index contributed by atoms with van der Waals surface area (Å²) in [6.07, 6.45) is 7.84. The Hall–Kier alpha value is -0.810. The third-order valence-electron chi connectivity index (χ3n) is 5.47. The van der Waals surface area contributed by atoms with E-state index in [9.17, 15) is 0 Å². The van der Waals surface area contributed by atoms with Gasteiger partial charge in [0.2, 0.25) is 0 Å². The van der Waals surface area contributed by atoms with Gasteiger partial charge >= 0.3 is 0 Å². The minimum atomic E-state index is 0.479. The van der Waals surface area contributed by atoms with E-state index < -0.39 is 0 Å². The van der Waals surface area contributed by atoms with Gasteiger partial charge in [-0.25, -0.2) is 0 Å². The van der Waals surface area contributed by atoms with Gasteiger partial charge in [-0.05, 0) is 56.9 Å². The van der Waals surface area contributed by atoms with Gasteiger partial charge < -0.3 is 15.4 Å². The Labute approximate surface area is 155 Å². The van der Waals surface area contributed by atoms with Gasteiger partial charge in [0.25, 0.3) is 0 Å². The average molecular weight is 353 g/mol. The highest BCUT2D eigenvalue weighted by atomic mass is 16.5. The normalized spacial score (nSPS) is 21.2. The van der Waals surface area contributed by atoms with Crippen LogP contribution >= 0.6 is 0 Å². The Bertz CT molecular complexity index is 387. The number of unbranched alkanes of at least 4 members (excludes halogenated alkanes) is 1. The molecule has 0 atom stereocenters. The van der Waals surface area contributed by atoms with Crippen LogP contribution in [0.5, 0.6) is 0 Å². The molecule has 1 saturated carbocycles. The zero-order chi connectivity index (χ0) is 18.0. The molecule has 5 heteroatoms. The van der Waals surface area contributed by atoms with Crippen molar-refractivity contribution in [3.8, 4) is 0 Å². The summed E-state index contributed by atoms with van der Waals surface area (Å²) < 4.78 is 5.40. The molecule has 2 fully saturated rings. The van der Waals surface area contributed by atoms with Crippen molar-refractivity contribution in [2.24, 2.45) is 16.3 Å². The molecule has 0 radical (unpaired) electrons. The van der Waals surface area contributed by atoms with E-state index >= 15 is 0 Å². The summed E-state index contributed by atoms with van der Waals surface area (Å²) >= 11 is 0. The second-order valence-electron chi connectivity index (χ2n) is 8.23. The summed E-state index contributed by atoms with van der Waals surface area (Å²) in [4.78, 5) is 7.42. The lowest BCUT2D eigenvalue weighted by Gasteiger charge is -2.42. The number of guanidine groups is 1. The number of hydrogen-bond acceptors (Lipinski definition) is 3. The van der Waals surface area contributed by atoms with Crippen LogP contribution in [0.25, 0.3) is 0 Å². The van der Waals surface area contributed by atoms with Crippen LogP contribution in [0.15, 0.2) is 4.99 Å². The molecule has 0 aromatic carbocycles. The zero-order valence-electron chi connectivity index (χ0n) is 16.8. The smallest absolute Gasteiger partial charge is 0.191 e. The van der Waals surface area contributed by atoms with Crippen LogP contribution in [0.2, 0.25) is 0 Å². The standard InChI is InChI=1S/C20H40N4O/c1-4-21-19(23-17-20(8-7-9-20)16-18(2)3)22-10-5-6-11-24-12-14-25-15-13-24/h18H,4-17H2,1-3H3,(H2,21,22,23). The molecular weight excluding hydrogens is 312 g/mol. The van der Waals surface area contributed by atoms with Crippen LogP contribution < -0.4 is 10.6 Å². The Kier molecular flexibility index (Phi) is 9.04. The fourth-order valence-corrected chi connectivity index (χ4v) is 4.05. The van der Waals surface area contributed by atoms with Crippen molar-refractivity contribution in [1.29, 1.82) is 0 Å². The van der Waals surface area contributed by atoms with Crippen LogP contribution in [0.4, 0.5) is 0 Å². The molecule has 1 aliphatic carbocycles. The topological polar surface area (TPSA) is 48.9 Å². The van der Waals surface area contributed by atoms with Crippen LogP contribution in [-0.2, 0) is 4.74 Å². The highest BCUT2D eigenvalue weighted by Gasteiger charge is 2.37. The SMILES string of the molecule is CCNC(=NCC1(CC(C)C)CCC1)NCCCCN1CCOCC1. The molecule has 0 spiro atoms. The van der Waals surface area contributed by atoms with E-state index in [0.717, 1.165) is 57.8 Å². The van der Waals surface area contributed by atoms with Gasteiger partial charge in [0.05, 0.1) is 13.2 Å². The minimum Gasteiger partial charge on any atom is -0.379 e. The number of nitrogens with zero attached hydrogens (tertiary/aromatic N) is 2. The summed E-state index contributed by atoms with van der Waals surface area (Å²) in [6.45, 7) is 14.9. The van der Waals surface area contributed by atoms with E-state index in [2.05, 4.69) is 36.3 Å². The fraction of sp³-hybridized carbons (Fsp3) is 0.950. The molecule has 0 aromatic rings. The number of rotatable bonds is 10. The summed E-state index contributed by atoms with van der Waals surface area (Å²) in [7, 11) is 0. The molecule has 2 aliphatic rings. The van der Waals surface area contributed by atoms with Crippen LogP contribution in [0, 0.1) is 11.3 Å².